The number of allylic oxidation sites excluding steroid dienone is 2. The second kappa shape index (κ2) is 14.3. The van der Waals surface area contributed by atoms with Crippen LogP contribution in [-0.2, 0) is 11.0 Å². The number of carboxylic acids is 1. The third-order valence-corrected chi connectivity index (χ3v) is 5.41. The maximum atomic E-state index is 13.2. The van der Waals surface area contributed by atoms with Gasteiger partial charge in [-0.2, -0.15) is 13.2 Å². The van der Waals surface area contributed by atoms with Crippen LogP contribution in [0.2, 0.25) is 0 Å². The van der Waals surface area contributed by atoms with Gasteiger partial charge in [0.15, 0.2) is 0 Å². The lowest BCUT2D eigenvalue weighted by Gasteiger charge is -2.12. The Kier molecular flexibility index (Phi) is 11.4. The zero-order valence-corrected chi connectivity index (χ0v) is 19.6. The smallest absolute Gasteiger partial charge is 0.416 e. The van der Waals surface area contributed by atoms with Crippen LogP contribution in [0.4, 0.5) is 13.2 Å². The van der Waals surface area contributed by atoms with Crippen molar-refractivity contribution in [1.82, 2.24) is 0 Å². The molecule has 0 amide bonds. The summed E-state index contributed by atoms with van der Waals surface area (Å²) in [5.74, 6) is -0.573. The molecule has 0 radical (unpaired) electrons. The van der Waals surface area contributed by atoms with Crippen LogP contribution in [0.25, 0.3) is 11.6 Å². The third-order valence-electron chi connectivity index (χ3n) is 5.41. The summed E-state index contributed by atoms with van der Waals surface area (Å²) in [7, 11) is 0. The highest BCUT2D eigenvalue weighted by Gasteiger charge is 2.30. The minimum Gasteiger partial charge on any atom is -0.493 e. The normalized spacial score (nSPS) is 12.3. The molecule has 0 fully saturated rings. The number of halogens is 3. The first kappa shape index (κ1) is 27.2. The van der Waals surface area contributed by atoms with Gasteiger partial charge in [0.2, 0.25) is 0 Å². The number of benzene rings is 2. The SMILES string of the molecule is CCCCCCCCCCOc1ccccc1/C=C(/C=C\C(=O)O)c1cccc(C(F)(F)F)c1. The maximum absolute atomic E-state index is 13.2. The van der Waals surface area contributed by atoms with E-state index in [1.54, 1.807) is 24.3 Å². The number of hydrogen-bond acceptors (Lipinski definition) is 2. The molecule has 0 saturated carbocycles. The highest BCUT2D eigenvalue weighted by molar-refractivity contribution is 5.92. The molecule has 0 aliphatic heterocycles. The average molecular weight is 475 g/mol. The fraction of sp³-hybridized carbons (Fsp3) is 0.393. The summed E-state index contributed by atoms with van der Waals surface area (Å²) < 4.78 is 45.5. The lowest BCUT2D eigenvalue weighted by molar-refractivity contribution is -0.137. The van der Waals surface area contributed by atoms with Crippen LogP contribution in [0, 0.1) is 0 Å². The van der Waals surface area contributed by atoms with Crippen LogP contribution in [0.5, 0.6) is 5.75 Å². The first-order valence-corrected chi connectivity index (χ1v) is 11.8. The quantitative estimate of drug-likeness (QED) is 0.129. The molecule has 0 aliphatic rings. The molecule has 0 aliphatic carbocycles. The molecular formula is C28H33F3O3. The Morgan fingerprint density at radius 3 is 2.26 bits per heavy atom. The summed E-state index contributed by atoms with van der Waals surface area (Å²) in [6.07, 6.45) is 8.87. The van der Waals surface area contributed by atoms with Crippen LogP contribution in [0.3, 0.4) is 0 Å². The molecule has 0 unspecified atom stereocenters. The molecule has 184 valence electrons. The summed E-state index contributed by atoms with van der Waals surface area (Å²) >= 11 is 0. The molecule has 2 aromatic carbocycles. The van der Waals surface area contributed by atoms with Crippen molar-refractivity contribution in [2.45, 2.75) is 64.5 Å². The Balaban J connectivity index is 2.13. The fourth-order valence-corrected chi connectivity index (χ4v) is 3.58. The second-order valence-electron chi connectivity index (χ2n) is 8.21. The van der Waals surface area contributed by atoms with E-state index >= 15 is 0 Å². The summed E-state index contributed by atoms with van der Waals surface area (Å²) in [5.41, 5.74) is 0.491. The Labute approximate surface area is 200 Å². The van der Waals surface area contributed by atoms with Crippen LogP contribution < -0.4 is 4.74 Å². The van der Waals surface area contributed by atoms with Crippen LogP contribution in [0.1, 0.15) is 75.0 Å². The molecular weight excluding hydrogens is 441 g/mol. The minimum atomic E-state index is -4.49. The zero-order chi connectivity index (χ0) is 24.8. The van der Waals surface area contributed by atoms with Crippen LogP contribution >= 0.6 is 0 Å². The summed E-state index contributed by atoms with van der Waals surface area (Å²) in [5, 5.41) is 9.04. The molecule has 0 atom stereocenters. The van der Waals surface area contributed by atoms with Gasteiger partial charge < -0.3 is 9.84 Å². The highest BCUT2D eigenvalue weighted by atomic mass is 19.4. The first-order chi connectivity index (χ1) is 16.3. The van der Waals surface area contributed by atoms with Gasteiger partial charge in [-0.05, 0) is 47.9 Å². The first-order valence-electron chi connectivity index (χ1n) is 11.8. The molecule has 0 heterocycles. The topological polar surface area (TPSA) is 46.5 Å². The molecule has 2 rings (SSSR count). The van der Waals surface area contributed by atoms with Crippen LogP contribution in [-0.4, -0.2) is 17.7 Å². The Morgan fingerprint density at radius 2 is 1.59 bits per heavy atom. The van der Waals surface area contributed by atoms with E-state index in [0.717, 1.165) is 31.1 Å². The van der Waals surface area contributed by atoms with Crippen molar-refractivity contribution in [1.29, 1.82) is 0 Å². The molecule has 0 spiro atoms. The molecule has 0 aromatic heterocycles. The van der Waals surface area contributed by atoms with Gasteiger partial charge in [-0.25, -0.2) is 4.79 Å². The number of hydrogen-bond donors (Lipinski definition) is 1. The van der Waals surface area contributed by atoms with Crippen LogP contribution in [0.15, 0.2) is 60.7 Å². The van der Waals surface area contributed by atoms with Gasteiger partial charge in [-0.15, -0.1) is 0 Å². The van der Waals surface area contributed by atoms with E-state index < -0.39 is 17.7 Å². The molecule has 0 saturated heterocycles. The summed E-state index contributed by atoms with van der Waals surface area (Å²) in [4.78, 5) is 11.1. The van der Waals surface area contributed by atoms with Crippen molar-refractivity contribution >= 4 is 17.6 Å². The van der Waals surface area contributed by atoms with E-state index in [0.29, 0.717) is 23.5 Å². The molecule has 3 nitrogen and oxygen atoms in total. The van der Waals surface area contributed by atoms with E-state index in [1.807, 2.05) is 6.07 Å². The Morgan fingerprint density at radius 1 is 0.912 bits per heavy atom. The predicted octanol–water partition coefficient (Wildman–Crippen LogP) is 8.41. The van der Waals surface area contributed by atoms with Crippen molar-refractivity contribution in [3.63, 3.8) is 0 Å². The predicted molar refractivity (Wildman–Crippen MR) is 131 cm³/mol. The van der Waals surface area contributed by atoms with Crippen molar-refractivity contribution in [2.24, 2.45) is 0 Å². The van der Waals surface area contributed by atoms with Gasteiger partial charge in [-0.3, -0.25) is 0 Å². The summed E-state index contributed by atoms with van der Waals surface area (Å²) in [6.45, 7) is 2.75. The van der Waals surface area contributed by atoms with E-state index in [-0.39, 0.29) is 5.56 Å². The van der Waals surface area contributed by atoms with Gasteiger partial charge >= 0.3 is 12.1 Å². The van der Waals surface area contributed by atoms with Crippen molar-refractivity contribution in [3.8, 4) is 5.75 Å². The van der Waals surface area contributed by atoms with E-state index in [4.69, 9.17) is 9.84 Å². The number of aliphatic carboxylic acids is 1. The standard InChI is InChI=1S/C28H33F3O3/c1-2-3-4-5-6-7-8-11-19-34-26-16-10-9-13-24(26)20-23(17-18-27(32)33)22-14-12-15-25(21-22)28(29,30)31/h9-10,12-18,20-21H,2-8,11,19H2,1H3,(H,32,33)/b18-17-,23-20-. The third kappa shape index (κ3) is 9.86. The molecule has 0 bridgehead atoms. The Hall–Kier alpha value is -3.02. The maximum Gasteiger partial charge on any atom is 0.416 e. The van der Waals surface area contributed by atoms with Gasteiger partial charge in [-0.1, -0.05) is 82.2 Å². The number of carbonyl (C=O) groups is 1. The second-order valence-corrected chi connectivity index (χ2v) is 8.21. The average Bonchev–Trinajstić information content (AvgIpc) is 2.81. The fourth-order valence-electron chi connectivity index (χ4n) is 3.58. The highest BCUT2D eigenvalue weighted by Crippen LogP contribution is 2.32. The van der Waals surface area contributed by atoms with E-state index in [2.05, 4.69) is 6.92 Å². The largest absolute Gasteiger partial charge is 0.493 e. The number of para-hydroxylation sites is 1. The summed E-state index contributed by atoms with van der Waals surface area (Å²) in [6, 6.07) is 12.1. The number of ether oxygens (including phenoxy) is 1. The van der Waals surface area contributed by atoms with Gasteiger partial charge in [0.1, 0.15) is 5.75 Å². The molecule has 1 N–H and O–H groups in total. The number of unbranched alkanes of at least 4 members (excludes halogenated alkanes) is 7. The van der Waals surface area contributed by atoms with E-state index in [1.165, 1.54) is 56.7 Å². The number of rotatable bonds is 14. The number of alkyl halides is 3. The van der Waals surface area contributed by atoms with Gasteiger partial charge in [0.05, 0.1) is 12.2 Å². The van der Waals surface area contributed by atoms with Crippen molar-refractivity contribution in [2.75, 3.05) is 6.61 Å². The molecule has 2 aromatic rings. The lowest BCUT2D eigenvalue weighted by Crippen LogP contribution is -2.05. The van der Waals surface area contributed by atoms with Crippen molar-refractivity contribution in [3.05, 3.63) is 77.4 Å². The zero-order valence-electron chi connectivity index (χ0n) is 19.6. The van der Waals surface area contributed by atoms with Gasteiger partial charge in [0.25, 0.3) is 0 Å². The molecule has 6 heteroatoms. The lowest BCUT2D eigenvalue weighted by atomic mass is 9.99. The minimum absolute atomic E-state index is 0.269. The monoisotopic (exact) mass is 474 g/mol. The van der Waals surface area contributed by atoms with Crippen molar-refractivity contribution < 1.29 is 27.8 Å². The van der Waals surface area contributed by atoms with Gasteiger partial charge in [0, 0.05) is 11.6 Å². The van der Waals surface area contributed by atoms with E-state index in [9.17, 15) is 18.0 Å². The molecule has 34 heavy (non-hydrogen) atoms. The Bertz CT molecular complexity index is 961. The number of carboxylic acid groups (broad SMARTS) is 1.